The lowest BCUT2D eigenvalue weighted by Crippen LogP contribution is -2.19. The fourth-order valence-electron chi connectivity index (χ4n) is 1.84. The number of aldehydes is 1. The second kappa shape index (κ2) is 5.65. The van der Waals surface area contributed by atoms with Crippen molar-refractivity contribution in [3.8, 4) is 0 Å². The quantitative estimate of drug-likeness (QED) is 0.792. The molecule has 0 aliphatic carbocycles. The zero-order valence-corrected chi connectivity index (χ0v) is 10.8. The highest BCUT2D eigenvalue weighted by molar-refractivity contribution is 6.33. The number of anilines is 1. The van der Waals surface area contributed by atoms with Crippen LogP contribution in [0.2, 0.25) is 5.02 Å². The lowest BCUT2D eigenvalue weighted by atomic mass is 10.1. The molecule has 0 spiro atoms. The zero-order chi connectivity index (χ0) is 13.0. The van der Waals surface area contributed by atoms with Crippen molar-refractivity contribution in [2.75, 3.05) is 11.9 Å². The summed E-state index contributed by atoms with van der Waals surface area (Å²) in [4.78, 5) is 17.2. The smallest absolute Gasteiger partial charge is 0.152 e. The van der Waals surface area contributed by atoms with Crippen LogP contribution < -0.4 is 4.90 Å². The van der Waals surface area contributed by atoms with E-state index in [2.05, 4.69) is 4.98 Å². The van der Waals surface area contributed by atoms with Crippen molar-refractivity contribution in [2.24, 2.45) is 0 Å². The standard InChI is InChI=1S/C14H13ClN2O/c1-17(9-12-6-2-3-8-16-12)14-11(10-18)5-4-7-13(14)15/h2-8,10H,9H2,1H3. The summed E-state index contributed by atoms with van der Waals surface area (Å²) in [7, 11) is 1.89. The number of halogens is 1. The lowest BCUT2D eigenvalue weighted by Gasteiger charge is -2.21. The van der Waals surface area contributed by atoms with Crippen LogP contribution in [0.15, 0.2) is 42.6 Å². The SMILES string of the molecule is CN(Cc1ccccn1)c1c(Cl)cccc1C=O. The molecule has 0 bridgehead atoms. The van der Waals surface area contributed by atoms with Crippen LogP contribution in [0.5, 0.6) is 0 Å². The Morgan fingerprint density at radius 3 is 2.78 bits per heavy atom. The number of carbonyl (C=O) groups is 1. The maximum atomic E-state index is 11.0. The lowest BCUT2D eigenvalue weighted by molar-refractivity contribution is 0.112. The molecule has 3 nitrogen and oxygen atoms in total. The summed E-state index contributed by atoms with van der Waals surface area (Å²) in [6, 6.07) is 11.0. The van der Waals surface area contributed by atoms with Gasteiger partial charge in [-0.15, -0.1) is 0 Å². The number of para-hydroxylation sites is 1. The molecular formula is C14H13ClN2O. The summed E-state index contributed by atoms with van der Waals surface area (Å²) in [5.41, 5.74) is 2.25. The normalized spacial score (nSPS) is 10.1. The third-order valence-electron chi connectivity index (χ3n) is 2.65. The van der Waals surface area contributed by atoms with Crippen molar-refractivity contribution in [1.29, 1.82) is 0 Å². The third kappa shape index (κ3) is 2.68. The highest BCUT2D eigenvalue weighted by Gasteiger charge is 2.11. The van der Waals surface area contributed by atoms with Gasteiger partial charge in [-0.3, -0.25) is 9.78 Å². The van der Waals surface area contributed by atoms with Crippen LogP contribution in [0.4, 0.5) is 5.69 Å². The first-order valence-corrected chi connectivity index (χ1v) is 5.95. The summed E-state index contributed by atoms with van der Waals surface area (Å²) in [6.45, 7) is 0.603. The van der Waals surface area contributed by atoms with Crippen LogP contribution in [0.25, 0.3) is 0 Å². The Bertz CT molecular complexity index is 543. The van der Waals surface area contributed by atoms with Crippen molar-refractivity contribution in [3.05, 3.63) is 58.9 Å². The van der Waals surface area contributed by atoms with E-state index < -0.39 is 0 Å². The molecule has 2 aromatic rings. The monoisotopic (exact) mass is 260 g/mol. The molecule has 92 valence electrons. The Hall–Kier alpha value is -1.87. The summed E-state index contributed by atoms with van der Waals surface area (Å²) >= 11 is 6.15. The Morgan fingerprint density at radius 1 is 1.28 bits per heavy atom. The molecular weight excluding hydrogens is 248 g/mol. The van der Waals surface area contributed by atoms with Crippen molar-refractivity contribution in [2.45, 2.75) is 6.54 Å². The van der Waals surface area contributed by atoms with E-state index in [1.165, 1.54) is 0 Å². The maximum Gasteiger partial charge on any atom is 0.152 e. The third-order valence-corrected chi connectivity index (χ3v) is 2.96. The second-order valence-electron chi connectivity index (χ2n) is 3.97. The minimum atomic E-state index is 0.568. The number of nitrogens with zero attached hydrogens (tertiary/aromatic N) is 2. The molecule has 1 heterocycles. The van der Waals surface area contributed by atoms with E-state index in [1.807, 2.05) is 30.1 Å². The van der Waals surface area contributed by atoms with Gasteiger partial charge >= 0.3 is 0 Å². The molecule has 0 fully saturated rings. The van der Waals surface area contributed by atoms with Crippen LogP contribution in [0, 0.1) is 0 Å². The minimum Gasteiger partial charge on any atom is -0.367 e. The number of rotatable bonds is 4. The number of carbonyl (C=O) groups excluding carboxylic acids is 1. The van der Waals surface area contributed by atoms with Crippen LogP contribution >= 0.6 is 11.6 Å². The fraction of sp³-hybridized carbons (Fsp3) is 0.143. The highest BCUT2D eigenvalue weighted by atomic mass is 35.5. The molecule has 0 saturated heterocycles. The molecule has 0 saturated carbocycles. The van der Waals surface area contributed by atoms with Gasteiger partial charge in [-0.1, -0.05) is 23.7 Å². The number of pyridine rings is 1. The first-order chi connectivity index (χ1) is 8.72. The van der Waals surface area contributed by atoms with Gasteiger partial charge in [-0.25, -0.2) is 0 Å². The number of benzene rings is 1. The Morgan fingerprint density at radius 2 is 2.11 bits per heavy atom. The van der Waals surface area contributed by atoms with Gasteiger partial charge in [0.25, 0.3) is 0 Å². The Balaban J connectivity index is 2.29. The zero-order valence-electron chi connectivity index (χ0n) is 10.0. The Kier molecular flexibility index (Phi) is 3.95. The minimum absolute atomic E-state index is 0.568. The highest BCUT2D eigenvalue weighted by Crippen LogP contribution is 2.28. The van der Waals surface area contributed by atoms with Gasteiger partial charge in [0, 0.05) is 18.8 Å². The average molecular weight is 261 g/mol. The summed E-state index contributed by atoms with van der Waals surface area (Å²) in [5.74, 6) is 0. The first-order valence-electron chi connectivity index (χ1n) is 5.57. The predicted molar refractivity (Wildman–Crippen MR) is 73.2 cm³/mol. The molecule has 0 atom stereocenters. The van der Waals surface area contributed by atoms with E-state index in [0.29, 0.717) is 17.1 Å². The van der Waals surface area contributed by atoms with E-state index in [9.17, 15) is 4.79 Å². The number of hydrogen-bond acceptors (Lipinski definition) is 3. The number of hydrogen-bond donors (Lipinski definition) is 0. The van der Waals surface area contributed by atoms with Gasteiger partial charge in [0.1, 0.15) is 0 Å². The summed E-state index contributed by atoms with van der Waals surface area (Å²) < 4.78 is 0. The molecule has 0 radical (unpaired) electrons. The summed E-state index contributed by atoms with van der Waals surface area (Å²) in [5, 5.41) is 0.568. The van der Waals surface area contributed by atoms with E-state index in [1.54, 1.807) is 24.4 Å². The predicted octanol–water partition coefficient (Wildman–Crippen LogP) is 3.18. The van der Waals surface area contributed by atoms with Crippen LogP contribution in [0.3, 0.4) is 0 Å². The van der Waals surface area contributed by atoms with Crippen molar-refractivity contribution < 1.29 is 4.79 Å². The van der Waals surface area contributed by atoms with Crippen molar-refractivity contribution in [3.63, 3.8) is 0 Å². The molecule has 4 heteroatoms. The van der Waals surface area contributed by atoms with Crippen molar-refractivity contribution in [1.82, 2.24) is 4.98 Å². The van der Waals surface area contributed by atoms with Crippen LogP contribution in [-0.4, -0.2) is 18.3 Å². The second-order valence-corrected chi connectivity index (χ2v) is 4.38. The molecule has 18 heavy (non-hydrogen) atoms. The molecule has 2 rings (SSSR count). The van der Waals surface area contributed by atoms with Gasteiger partial charge in [0.05, 0.1) is 22.9 Å². The van der Waals surface area contributed by atoms with Crippen molar-refractivity contribution >= 4 is 23.6 Å². The topological polar surface area (TPSA) is 33.2 Å². The van der Waals surface area contributed by atoms with E-state index >= 15 is 0 Å². The molecule has 0 unspecified atom stereocenters. The molecule has 0 aliphatic rings. The average Bonchev–Trinajstić information content (AvgIpc) is 2.39. The maximum absolute atomic E-state index is 11.0. The largest absolute Gasteiger partial charge is 0.367 e. The van der Waals surface area contributed by atoms with Gasteiger partial charge in [0.15, 0.2) is 6.29 Å². The summed E-state index contributed by atoms with van der Waals surface area (Å²) in [6.07, 6.45) is 2.56. The fourth-order valence-corrected chi connectivity index (χ4v) is 2.17. The Labute approximate surface area is 111 Å². The van der Waals surface area contributed by atoms with Gasteiger partial charge in [-0.2, -0.15) is 0 Å². The molecule has 0 N–H and O–H groups in total. The molecule has 0 aliphatic heterocycles. The molecule has 1 aromatic carbocycles. The van der Waals surface area contributed by atoms with E-state index in [-0.39, 0.29) is 0 Å². The van der Waals surface area contributed by atoms with Gasteiger partial charge in [-0.05, 0) is 24.3 Å². The van der Waals surface area contributed by atoms with Crippen LogP contribution in [0.1, 0.15) is 16.1 Å². The number of aromatic nitrogens is 1. The van der Waals surface area contributed by atoms with E-state index in [0.717, 1.165) is 17.7 Å². The first kappa shape index (κ1) is 12.6. The van der Waals surface area contributed by atoms with Gasteiger partial charge < -0.3 is 4.90 Å². The van der Waals surface area contributed by atoms with E-state index in [4.69, 9.17) is 11.6 Å². The molecule has 0 amide bonds. The molecule has 1 aromatic heterocycles. The van der Waals surface area contributed by atoms with Gasteiger partial charge in [0.2, 0.25) is 0 Å². The van der Waals surface area contributed by atoms with Crippen LogP contribution in [-0.2, 0) is 6.54 Å².